The summed E-state index contributed by atoms with van der Waals surface area (Å²) in [5, 5.41) is 1.23. The molecule has 7 heteroatoms. The van der Waals surface area contributed by atoms with Crippen molar-refractivity contribution in [3.63, 3.8) is 0 Å². The standard InChI is InChI=1S/C28H34N4O3/c33-28(22-2-1-3-25(19-22)35-15-12-31-10-13-34-14-11-31)32-23-4-5-24(32)18-20(17-23)16-21-6-8-29-27-26(21)7-9-30-27/h1-3,6-9,19-20,23-24H,4-5,10-18H2,(H,29,30). The molecule has 1 amide bonds. The second-order valence-corrected chi connectivity index (χ2v) is 10.2. The topological polar surface area (TPSA) is 70.7 Å². The van der Waals surface area contributed by atoms with Crippen LogP contribution in [0.5, 0.6) is 5.75 Å². The summed E-state index contributed by atoms with van der Waals surface area (Å²) in [6.07, 6.45) is 9.29. The van der Waals surface area contributed by atoms with Crippen molar-refractivity contribution in [1.29, 1.82) is 0 Å². The molecule has 1 aromatic carbocycles. The molecule has 5 heterocycles. The third-order valence-electron chi connectivity index (χ3n) is 7.99. The monoisotopic (exact) mass is 474 g/mol. The number of hydrogen-bond donors (Lipinski definition) is 1. The number of nitrogens with zero attached hydrogens (tertiary/aromatic N) is 3. The summed E-state index contributed by atoms with van der Waals surface area (Å²) in [6.45, 7) is 5.00. The van der Waals surface area contributed by atoms with Crippen LogP contribution in [0.4, 0.5) is 0 Å². The number of aromatic amines is 1. The minimum atomic E-state index is 0.159. The fourth-order valence-electron chi connectivity index (χ4n) is 6.28. The molecule has 3 fully saturated rings. The van der Waals surface area contributed by atoms with E-state index < -0.39 is 0 Å². The molecule has 1 N–H and O–H groups in total. The minimum Gasteiger partial charge on any atom is -0.492 e. The van der Waals surface area contributed by atoms with Gasteiger partial charge in [0.1, 0.15) is 18.0 Å². The lowest BCUT2D eigenvalue weighted by Crippen LogP contribution is -2.46. The van der Waals surface area contributed by atoms with Crippen LogP contribution in [0.3, 0.4) is 0 Å². The number of rotatable bonds is 7. The third-order valence-corrected chi connectivity index (χ3v) is 7.99. The first-order valence-corrected chi connectivity index (χ1v) is 13.0. The molecule has 2 bridgehead atoms. The number of amides is 1. The molecule has 2 aromatic heterocycles. The highest BCUT2D eigenvalue weighted by Gasteiger charge is 2.43. The summed E-state index contributed by atoms with van der Waals surface area (Å²) in [4.78, 5) is 25.8. The predicted molar refractivity (Wildman–Crippen MR) is 135 cm³/mol. The van der Waals surface area contributed by atoms with Crippen LogP contribution < -0.4 is 4.74 Å². The molecule has 6 rings (SSSR count). The van der Waals surface area contributed by atoms with Gasteiger partial charge in [-0.25, -0.2) is 4.98 Å². The van der Waals surface area contributed by atoms with Crippen LogP contribution in [0.2, 0.25) is 0 Å². The molecule has 3 aromatic rings. The van der Waals surface area contributed by atoms with Crippen LogP contribution in [-0.4, -0.2) is 77.2 Å². The Morgan fingerprint density at radius 3 is 2.77 bits per heavy atom. The Morgan fingerprint density at radius 1 is 1.11 bits per heavy atom. The molecule has 3 saturated heterocycles. The van der Waals surface area contributed by atoms with E-state index in [0.29, 0.717) is 24.6 Å². The number of hydrogen-bond acceptors (Lipinski definition) is 5. The first-order chi connectivity index (χ1) is 17.2. The van der Waals surface area contributed by atoms with Crippen molar-refractivity contribution < 1.29 is 14.3 Å². The SMILES string of the molecule is O=C(c1cccc(OCCN2CCOCC2)c1)N1C2CCC1CC(Cc1ccnc3[nH]ccc13)C2. The first-order valence-electron chi connectivity index (χ1n) is 13.0. The summed E-state index contributed by atoms with van der Waals surface area (Å²) in [7, 11) is 0. The van der Waals surface area contributed by atoms with Gasteiger partial charge in [-0.05, 0) is 73.9 Å². The van der Waals surface area contributed by atoms with Gasteiger partial charge < -0.3 is 19.4 Å². The second kappa shape index (κ2) is 9.99. The van der Waals surface area contributed by atoms with E-state index in [2.05, 4.69) is 31.9 Å². The second-order valence-electron chi connectivity index (χ2n) is 10.2. The maximum atomic E-state index is 13.6. The van der Waals surface area contributed by atoms with Crippen molar-refractivity contribution in [2.45, 2.75) is 44.2 Å². The summed E-state index contributed by atoms with van der Waals surface area (Å²) in [5.41, 5.74) is 3.07. The summed E-state index contributed by atoms with van der Waals surface area (Å²) < 4.78 is 11.4. The summed E-state index contributed by atoms with van der Waals surface area (Å²) in [5.74, 6) is 1.54. The van der Waals surface area contributed by atoms with Crippen LogP contribution >= 0.6 is 0 Å². The highest BCUT2D eigenvalue weighted by molar-refractivity contribution is 5.95. The zero-order chi connectivity index (χ0) is 23.6. The normalized spacial score (nSPS) is 24.7. The Bertz CT molecular complexity index is 1160. The average molecular weight is 475 g/mol. The fraction of sp³-hybridized carbons (Fsp3) is 0.500. The van der Waals surface area contributed by atoms with Gasteiger partial charge in [0.25, 0.3) is 5.91 Å². The zero-order valence-corrected chi connectivity index (χ0v) is 20.2. The number of fused-ring (bicyclic) bond motifs is 3. The lowest BCUT2D eigenvalue weighted by atomic mass is 9.85. The molecule has 7 nitrogen and oxygen atoms in total. The number of ether oxygens (including phenoxy) is 2. The lowest BCUT2D eigenvalue weighted by Gasteiger charge is -2.39. The minimum absolute atomic E-state index is 0.159. The van der Waals surface area contributed by atoms with E-state index in [1.54, 1.807) is 0 Å². The fourth-order valence-corrected chi connectivity index (χ4v) is 6.28. The molecule has 0 aliphatic carbocycles. The van der Waals surface area contributed by atoms with Gasteiger partial charge >= 0.3 is 0 Å². The highest BCUT2D eigenvalue weighted by atomic mass is 16.5. The van der Waals surface area contributed by atoms with E-state index in [9.17, 15) is 4.79 Å². The van der Waals surface area contributed by atoms with Gasteiger partial charge in [0.05, 0.1) is 13.2 Å². The Hall–Kier alpha value is -2.90. The molecule has 184 valence electrons. The number of aromatic nitrogens is 2. The highest BCUT2D eigenvalue weighted by Crippen LogP contribution is 2.41. The van der Waals surface area contributed by atoms with Gasteiger partial charge in [-0.3, -0.25) is 9.69 Å². The lowest BCUT2D eigenvalue weighted by molar-refractivity contribution is 0.0322. The Labute approximate surface area is 206 Å². The largest absolute Gasteiger partial charge is 0.492 e. The quantitative estimate of drug-likeness (QED) is 0.562. The number of morpholine rings is 1. The molecule has 2 atom stereocenters. The number of piperidine rings is 1. The van der Waals surface area contributed by atoms with Crippen molar-refractivity contribution in [3.05, 3.63) is 59.9 Å². The number of benzene rings is 1. The van der Waals surface area contributed by atoms with E-state index in [1.807, 2.05) is 36.7 Å². The average Bonchev–Trinajstić information content (AvgIpc) is 3.47. The zero-order valence-electron chi connectivity index (χ0n) is 20.2. The molecular weight excluding hydrogens is 440 g/mol. The summed E-state index contributed by atoms with van der Waals surface area (Å²) >= 11 is 0. The van der Waals surface area contributed by atoms with E-state index in [1.165, 1.54) is 10.9 Å². The molecule has 0 spiro atoms. The van der Waals surface area contributed by atoms with Crippen LogP contribution in [0, 0.1) is 5.92 Å². The van der Waals surface area contributed by atoms with Gasteiger partial charge in [0.15, 0.2) is 0 Å². The van der Waals surface area contributed by atoms with Crippen LogP contribution in [0.1, 0.15) is 41.6 Å². The Kier molecular flexibility index (Phi) is 6.44. The van der Waals surface area contributed by atoms with Crippen molar-refractivity contribution >= 4 is 16.9 Å². The Balaban J connectivity index is 1.08. The molecule has 35 heavy (non-hydrogen) atoms. The van der Waals surface area contributed by atoms with Crippen molar-refractivity contribution in [2.24, 2.45) is 5.92 Å². The number of carbonyl (C=O) groups is 1. The van der Waals surface area contributed by atoms with Gasteiger partial charge in [-0.1, -0.05) is 6.07 Å². The van der Waals surface area contributed by atoms with Crippen LogP contribution in [0.15, 0.2) is 48.8 Å². The molecule has 2 unspecified atom stereocenters. The third kappa shape index (κ3) is 4.80. The van der Waals surface area contributed by atoms with Gasteiger partial charge in [0, 0.05) is 55.1 Å². The molecular formula is C28H34N4O3. The van der Waals surface area contributed by atoms with E-state index >= 15 is 0 Å². The predicted octanol–water partition coefficient (Wildman–Crippen LogP) is 3.90. The number of pyridine rings is 1. The number of nitrogens with one attached hydrogen (secondary N) is 1. The first kappa shape index (κ1) is 22.6. The smallest absolute Gasteiger partial charge is 0.254 e. The van der Waals surface area contributed by atoms with E-state index in [-0.39, 0.29) is 5.91 Å². The van der Waals surface area contributed by atoms with Crippen LogP contribution in [-0.2, 0) is 11.2 Å². The van der Waals surface area contributed by atoms with Crippen molar-refractivity contribution in [2.75, 3.05) is 39.5 Å². The number of carbonyl (C=O) groups excluding carboxylic acids is 1. The molecule has 3 aliphatic heterocycles. The Morgan fingerprint density at radius 2 is 1.94 bits per heavy atom. The molecule has 0 radical (unpaired) electrons. The van der Waals surface area contributed by atoms with E-state index in [4.69, 9.17) is 9.47 Å². The van der Waals surface area contributed by atoms with Crippen molar-refractivity contribution in [3.8, 4) is 5.75 Å². The van der Waals surface area contributed by atoms with Gasteiger partial charge in [-0.15, -0.1) is 0 Å². The maximum absolute atomic E-state index is 13.6. The van der Waals surface area contributed by atoms with Crippen LogP contribution in [0.25, 0.3) is 11.0 Å². The number of H-pyrrole nitrogens is 1. The summed E-state index contributed by atoms with van der Waals surface area (Å²) in [6, 6.07) is 12.7. The van der Waals surface area contributed by atoms with E-state index in [0.717, 1.165) is 81.9 Å². The molecule has 3 aliphatic rings. The van der Waals surface area contributed by atoms with Gasteiger partial charge in [0.2, 0.25) is 0 Å². The molecule has 0 saturated carbocycles. The van der Waals surface area contributed by atoms with Crippen molar-refractivity contribution in [1.82, 2.24) is 19.8 Å². The maximum Gasteiger partial charge on any atom is 0.254 e. The van der Waals surface area contributed by atoms with Gasteiger partial charge in [-0.2, -0.15) is 0 Å².